The fourth-order valence-corrected chi connectivity index (χ4v) is 2.94. The summed E-state index contributed by atoms with van der Waals surface area (Å²) in [5.41, 5.74) is 2.13. The molecule has 0 fully saturated rings. The van der Waals surface area contributed by atoms with Gasteiger partial charge in [0.1, 0.15) is 12.4 Å². The second kappa shape index (κ2) is 6.68. The summed E-state index contributed by atoms with van der Waals surface area (Å²) in [6.45, 7) is 3.62. The van der Waals surface area contributed by atoms with E-state index in [2.05, 4.69) is 29.4 Å². The molecule has 3 rings (SSSR count). The van der Waals surface area contributed by atoms with E-state index in [1.165, 1.54) is 0 Å². The Morgan fingerprint density at radius 2 is 1.90 bits per heavy atom. The first-order chi connectivity index (χ1) is 10.3. The van der Waals surface area contributed by atoms with Crippen molar-refractivity contribution in [2.45, 2.75) is 18.8 Å². The first kappa shape index (κ1) is 14.0. The Bertz CT molecular complexity index is 628. The van der Waals surface area contributed by atoms with Crippen molar-refractivity contribution in [2.75, 3.05) is 11.9 Å². The van der Waals surface area contributed by atoms with E-state index in [1.807, 2.05) is 42.5 Å². The molecular formula is C17H18N2OS. The summed E-state index contributed by atoms with van der Waals surface area (Å²) < 4.78 is 5.93. The Morgan fingerprint density at radius 1 is 1.14 bits per heavy atom. The van der Waals surface area contributed by atoms with Crippen LogP contribution in [0.3, 0.4) is 0 Å². The smallest absolute Gasteiger partial charge is 0.161 e. The third kappa shape index (κ3) is 3.79. The van der Waals surface area contributed by atoms with E-state index in [4.69, 9.17) is 4.74 Å². The van der Waals surface area contributed by atoms with E-state index in [-0.39, 0.29) is 0 Å². The molecule has 1 unspecified atom stereocenters. The number of hydrogen-bond acceptors (Lipinski definition) is 4. The highest BCUT2D eigenvalue weighted by Gasteiger charge is 2.16. The molecule has 1 aliphatic rings. The molecule has 0 amide bonds. The van der Waals surface area contributed by atoms with Gasteiger partial charge in [0.2, 0.25) is 0 Å². The lowest BCUT2D eigenvalue weighted by Gasteiger charge is -2.13. The molecule has 1 atom stereocenters. The lowest BCUT2D eigenvalue weighted by atomic mass is 10.2. The van der Waals surface area contributed by atoms with Crippen LogP contribution in [0.5, 0.6) is 5.75 Å². The quantitative estimate of drug-likeness (QED) is 0.920. The standard InChI is InChI=1S/C17H18N2OS/c1-13-11-18-17(21-13)19-15-9-5-6-10-16(15)20-12-14-7-3-2-4-8-14/h2-10,13H,11-12H2,1H3,(H,18,19). The van der Waals surface area contributed by atoms with Crippen LogP contribution in [0.2, 0.25) is 0 Å². The monoisotopic (exact) mass is 298 g/mol. The Morgan fingerprint density at radius 3 is 2.67 bits per heavy atom. The van der Waals surface area contributed by atoms with Crippen LogP contribution in [-0.4, -0.2) is 17.0 Å². The van der Waals surface area contributed by atoms with Gasteiger partial charge >= 0.3 is 0 Å². The molecule has 0 bridgehead atoms. The van der Waals surface area contributed by atoms with E-state index in [9.17, 15) is 0 Å². The normalized spacial score (nSPS) is 17.4. The summed E-state index contributed by atoms with van der Waals surface area (Å²) in [4.78, 5) is 4.48. The zero-order valence-electron chi connectivity index (χ0n) is 12.0. The topological polar surface area (TPSA) is 33.6 Å². The van der Waals surface area contributed by atoms with Crippen molar-refractivity contribution in [2.24, 2.45) is 4.99 Å². The third-order valence-electron chi connectivity index (χ3n) is 3.17. The van der Waals surface area contributed by atoms with Gasteiger partial charge in [-0.15, -0.1) is 0 Å². The van der Waals surface area contributed by atoms with Gasteiger partial charge in [0, 0.05) is 5.25 Å². The molecule has 0 aliphatic carbocycles. The fraction of sp³-hybridized carbons (Fsp3) is 0.235. The molecule has 3 nitrogen and oxygen atoms in total. The van der Waals surface area contributed by atoms with E-state index in [0.29, 0.717) is 11.9 Å². The van der Waals surface area contributed by atoms with Crippen molar-refractivity contribution in [3.8, 4) is 5.75 Å². The Kier molecular flexibility index (Phi) is 4.46. The van der Waals surface area contributed by atoms with Crippen molar-refractivity contribution >= 4 is 22.6 Å². The van der Waals surface area contributed by atoms with Gasteiger partial charge in [-0.2, -0.15) is 0 Å². The minimum absolute atomic E-state index is 0.546. The average Bonchev–Trinajstić information content (AvgIpc) is 2.93. The van der Waals surface area contributed by atoms with Crippen molar-refractivity contribution in [3.63, 3.8) is 0 Å². The number of benzene rings is 2. The largest absolute Gasteiger partial charge is 0.487 e. The highest BCUT2D eigenvalue weighted by atomic mass is 32.2. The average molecular weight is 298 g/mol. The number of thioether (sulfide) groups is 1. The number of hydrogen-bond donors (Lipinski definition) is 1. The Balaban J connectivity index is 1.68. The van der Waals surface area contributed by atoms with Gasteiger partial charge in [-0.25, -0.2) is 0 Å². The fourth-order valence-electron chi connectivity index (χ4n) is 2.09. The van der Waals surface area contributed by atoms with E-state index >= 15 is 0 Å². The lowest BCUT2D eigenvalue weighted by molar-refractivity contribution is 0.308. The minimum Gasteiger partial charge on any atom is -0.487 e. The summed E-state index contributed by atoms with van der Waals surface area (Å²) in [6, 6.07) is 18.2. The molecule has 1 aliphatic heterocycles. The molecule has 1 heterocycles. The van der Waals surface area contributed by atoms with Crippen molar-refractivity contribution in [3.05, 3.63) is 60.2 Å². The number of nitrogens with one attached hydrogen (secondary N) is 1. The van der Waals surface area contributed by atoms with Crippen LogP contribution in [0.15, 0.2) is 59.6 Å². The molecule has 4 heteroatoms. The number of rotatable bonds is 4. The van der Waals surface area contributed by atoms with Crippen molar-refractivity contribution < 1.29 is 4.74 Å². The predicted octanol–water partition coefficient (Wildman–Crippen LogP) is 4.17. The highest BCUT2D eigenvalue weighted by Crippen LogP contribution is 2.28. The zero-order valence-corrected chi connectivity index (χ0v) is 12.8. The lowest BCUT2D eigenvalue weighted by Crippen LogP contribution is -2.08. The van der Waals surface area contributed by atoms with Crippen molar-refractivity contribution in [1.29, 1.82) is 0 Å². The summed E-state index contributed by atoms with van der Waals surface area (Å²) in [5, 5.41) is 4.88. The molecule has 0 saturated carbocycles. The molecule has 2 aromatic rings. The number of para-hydroxylation sites is 2. The van der Waals surface area contributed by atoms with E-state index in [1.54, 1.807) is 11.8 Å². The number of anilines is 1. The molecule has 0 radical (unpaired) electrons. The van der Waals surface area contributed by atoms with Crippen LogP contribution < -0.4 is 10.1 Å². The minimum atomic E-state index is 0.546. The van der Waals surface area contributed by atoms with Gasteiger partial charge in [-0.05, 0) is 17.7 Å². The number of amidine groups is 1. The maximum absolute atomic E-state index is 5.93. The van der Waals surface area contributed by atoms with Crippen LogP contribution in [0, 0.1) is 0 Å². The molecule has 0 aromatic heterocycles. The van der Waals surface area contributed by atoms with Gasteiger partial charge in [0.25, 0.3) is 0 Å². The molecule has 21 heavy (non-hydrogen) atoms. The highest BCUT2D eigenvalue weighted by molar-refractivity contribution is 8.15. The number of ether oxygens (including phenoxy) is 1. The number of nitrogens with zero attached hydrogens (tertiary/aromatic N) is 1. The molecular weight excluding hydrogens is 280 g/mol. The van der Waals surface area contributed by atoms with E-state index < -0.39 is 0 Å². The molecule has 0 saturated heterocycles. The molecule has 108 valence electrons. The van der Waals surface area contributed by atoms with Gasteiger partial charge in [-0.1, -0.05) is 61.2 Å². The van der Waals surface area contributed by atoms with Crippen LogP contribution in [-0.2, 0) is 6.61 Å². The van der Waals surface area contributed by atoms with Crippen LogP contribution in [0.25, 0.3) is 0 Å². The van der Waals surface area contributed by atoms with E-state index in [0.717, 1.165) is 28.7 Å². The van der Waals surface area contributed by atoms with Crippen LogP contribution in [0.1, 0.15) is 12.5 Å². The first-order valence-electron chi connectivity index (χ1n) is 7.05. The predicted molar refractivity (Wildman–Crippen MR) is 90.2 cm³/mol. The summed E-state index contributed by atoms with van der Waals surface area (Å²) >= 11 is 1.77. The van der Waals surface area contributed by atoms with Crippen molar-refractivity contribution in [1.82, 2.24) is 0 Å². The molecule has 1 N–H and O–H groups in total. The maximum Gasteiger partial charge on any atom is 0.161 e. The maximum atomic E-state index is 5.93. The Labute approximate surface area is 129 Å². The molecule has 0 spiro atoms. The summed E-state index contributed by atoms with van der Waals surface area (Å²) in [5.74, 6) is 0.851. The number of aliphatic imine (C=N–C) groups is 1. The van der Waals surface area contributed by atoms with Gasteiger partial charge in [0.15, 0.2) is 5.17 Å². The SMILES string of the molecule is CC1CN=C(Nc2ccccc2OCc2ccccc2)S1. The second-order valence-corrected chi connectivity index (χ2v) is 6.40. The third-order valence-corrected chi connectivity index (χ3v) is 4.18. The summed E-state index contributed by atoms with van der Waals surface area (Å²) in [7, 11) is 0. The first-order valence-corrected chi connectivity index (χ1v) is 7.93. The second-order valence-electron chi connectivity index (χ2n) is 4.97. The zero-order chi connectivity index (χ0) is 14.5. The van der Waals surface area contributed by atoms with Gasteiger partial charge in [-0.3, -0.25) is 4.99 Å². The Hall–Kier alpha value is -1.94. The summed E-state index contributed by atoms with van der Waals surface area (Å²) in [6.07, 6.45) is 0. The molecule has 2 aromatic carbocycles. The van der Waals surface area contributed by atoms with Crippen LogP contribution >= 0.6 is 11.8 Å². The van der Waals surface area contributed by atoms with Gasteiger partial charge < -0.3 is 10.1 Å². The van der Waals surface area contributed by atoms with Gasteiger partial charge in [0.05, 0.1) is 12.2 Å². The van der Waals surface area contributed by atoms with Crippen LogP contribution in [0.4, 0.5) is 5.69 Å².